The largest absolute Gasteiger partial charge is 0.394 e. The number of thiophene rings is 1. The van der Waals surface area contributed by atoms with Crippen molar-refractivity contribution in [2.24, 2.45) is 0 Å². The second-order valence-corrected chi connectivity index (χ2v) is 5.30. The van der Waals surface area contributed by atoms with Gasteiger partial charge in [0.1, 0.15) is 5.82 Å². The Morgan fingerprint density at radius 2 is 2.22 bits per heavy atom. The molecule has 0 aliphatic rings. The molecule has 1 unspecified atom stereocenters. The van der Waals surface area contributed by atoms with Crippen LogP contribution in [0.1, 0.15) is 16.5 Å². The van der Waals surface area contributed by atoms with Gasteiger partial charge in [-0.3, -0.25) is 0 Å². The number of rotatable bonds is 5. The van der Waals surface area contributed by atoms with Crippen LogP contribution < -0.4 is 5.32 Å². The maximum atomic E-state index is 13.0. The predicted molar refractivity (Wildman–Crippen MR) is 72.4 cm³/mol. The Bertz CT molecular complexity index is 504. The zero-order valence-corrected chi connectivity index (χ0v) is 11.1. The van der Waals surface area contributed by atoms with Crippen molar-refractivity contribution in [1.82, 2.24) is 5.32 Å². The summed E-state index contributed by atoms with van der Waals surface area (Å²) in [5.74, 6) is -0.376. The molecule has 2 nitrogen and oxygen atoms in total. The van der Waals surface area contributed by atoms with Gasteiger partial charge < -0.3 is 10.4 Å². The lowest BCUT2D eigenvalue weighted by Gasteiger charge is -2.17. The number of hydrogen-bond acceptors (Lipinski definition) is 3. The summed E-state index contributed by atoms with van der Waals surface area (Å²) in [6.45, 7) is 0.563. The minimum atomic E-state index is -0.376. The Balaban J connectivity index is 2.08. The standard InChI is InChI=1S/C13H13ClFNOS/c14-12-6-9(15)3-4-11(12)13(8-17)16-7-10-2-1-5-18-10/h1-6,13,16-17H,7-8H2. The fraction of sp³-hybridized carbons (Fsp3) is 0.231. The topological polar surface area (TPSA) is 32.3 Å². The van der Waals surface area contributed by atoms with Gasteiger partial charge in [0.25, 0.3) is 0 Å². The summed E-state index contributed by atoms with van der Waals surface area (Å²) >= 11 is 7.62. The number of benzene rings is 1. The van der Waals surface area contributed by atoms with Crippen molar-refractivity contribution in [3.05, 3.63) is 57.0 Å². The van der Waals surface area contributed by atoms with E-state index in [4.69, 9.17) is 11.6 Å². The first kappa shape index (κ1) is 13.5. The number of hydrogen-bond donors (Lipinski definition) is 2. The molecule has 0 aliphatic carbocycles. The van der Waals surface area contributed by atoms with Gasteiger partial charge in [0.2, 0.25) is 0 Å². The van der Waals surface area contributed by atoms with E-state index in [2.05, 4.69) is 5.32 Å². The average molecular weight is 286 g/mol. The van der Waals surface area contributed by atoms with E-state index in [0.29, 0.717) is 17.1 Å². The van der Waals surface area contributed by atoms with Crippen molar-refractivity contribution < 1.29 is 9.50 Å². The van der Waals surface area contributed by atoms with Gasteiger partial charge in [0.15, 0.2) is 0 Å². The van der Waals surface area contributed by atoms with Crippen molar-refractivity contribution >= 4 is 22.9 Å². The van der Waals surface area contributed by atoms with E-state index in [1.165, 1.54) is 17.0 Å². The second-order valence-electron chi connectivity index (χ2n) is 3.86. The minimum Gasteiger partial charge on any atom is -0.394 e. The molecule has 0 saturated carbocycles. The summed E-state index contributed by atoms with van der Waals surface area (Å²) in [5.41, 5.74) is 0.706. The highest BCUT2D eigenvalue weighted by molar-refractivity contribution is 7.09. The van der Waals surface area contributed by atoms with Crippen LogP contribution >= 0.6 is 22.9 Å². The number of nitrogens with one attached hydrogen (secondary N) is 1. The third kappa shape index (κ3) is 3.29. The molecule has 1 aromatic heterocycles. The predicted octanol–water partition coefficient (Wildman–Crippen LogP) is 3.36. The molecule has 0 radical (unpaired) electrons. The molecule has 0 spiro atoms. The van der Waals surface area contributed by atoms with Crippen LogP contribution in [0.2, 0.25) is 5.02 Å². The molecule has 0 aliphatic heterocycles. The molecule has 0 amide bonds. The third-order valence-corrected chi connectivity index (χ3v) is 3.83. The van der Waals surface area contributed by atoms with Gasteiger partial charge >= 0.3 is 0 Å². The van der Waals surface area contributed by atoms with E-state index in [9.17, 15) is 9.50 Å². The van der Waals surface area contributed by atoms with Crippen LogP contribution in [0.3, 0.4) is 0 Å². The summed E-state index contributed by atoms with van der Waals surface area (Å²) in [7, 11) is 0. The van der Waals surface area contributed by atoms with Gasteiger partial charge in [-0.2, -0.15) is 0 Å². The van der Waals surface area contributed by atoms with E-state index < -0.39 is 0 Å². The highest BCUT2D eigenvalue weighted by Crippen LogP contribution is 2.24. The zero-order chi connectivity index (χ0) is 13.0. The molecule has 5 heteroatoms. The van der Waals surface area contributed by atoms with Crippen molar-refractivity contribution in [1.29, 1.82) is 0 Å². The Kier molecular flexibility index (Phi) is 4.72. The van der Waals surface area contributed by atoms with E-state index in [0.717, 1.165) is 0 Å². The Morgan fingerprint density at radius 3 is 2.83 bits per heavy atom. The Hall–Kier alpha value is -0.940. The zero-order valence-electron chi connectivity index (χ0n) is 9.57. The number of halogens is 2. The van der Waals surface area contributed by atoms with Crippen LogP contribution in [0, 0.1) is 5.82 Å². The maximum absolute atomic E-state index is 13.0. The monoisotopic (exact) mass is 285 g/mol. The molecule has 0 bridgehead atoms. The van der Waals surface area contributed by atoms with Crippen molar-refractivity contribution in [2.45, 2.75) is 12.6 Å². The molecule has 1 heterocycles. The first-order valence-electron chi connectivity index (χ1n) is 5.52. The van der Waals surface area contributed by atoms with E-state index >= 15 is 0 Å². The quantitative estimate of drug-likeness (QED) is 0.883. The molecule has 96 valence electrons. The molecule has 1 atom stereocenters. The molecule has 2 rings (SSSR count). The highest BCUT2D eigenvalue weighted by Gasteiger charge is 2.14. The summed E-state index contributed by atoms with van der Waals surface area (Å²) in [6, 6.07) is 7.89. The van der Waals surface area contributed by atoms with Gasteiger partial charge in [0.05, 0.1) is 12.6 Å². The van der Waals surface area contributed by atoms with Crippen LogP contribution in [-0.2, 0) is 6.54 Å². The summed E-state index contributed by atoms with van der Waals surface area (Å²) in [4.78, 5) is 1.17. The molecular formula is C13H13ClFNOS. The van der Waals surface area contributed by atoms with Crippen molar-refractivity contribution in [3.8, 4) is 0 Å². The fourth-order valence-corrected chi connectivity index (χ4v) is 2.65. The van der Waals surface area contributed by atoms with Crippen LogP contribution in [0.15, 0.2) is 35.7 Å². The lowest BCUT2D eigenvalue weighted by atomic mass is 10.1. The van der Waals surface area contributed by atoms with Crippen molar-refractivity contribution in [3.63, 3.8) is 0 Å². The van der Waals surface area contributed by atoms with Gasteiger partial charge in [-0.15, -0.1) is 11.3 Å². The molecule has 0 fully saturated rings. The van der Waals surface area contributed by atoms with Gasteiger partial charge in [-0.05, 0) is 29.1 Å². The number of aliphatic hydroxyl groups excluding tert-OH is 1. The second kappa shape index (κ2) is 6.29. The molecule has 2 aromatic rings. The SMILES string of the molecule is OCC(NCc1cccs1)c1ccc(F)cc1Cl. The highest BCUT2D eigenvalue weighted by atomic mass is 35.5. The first-order valence-corrected chi connectivity index (χ1v) is 6.78. The van der Waals surface area contributed by atoms with E-state index in [1.807, 2.05) is 17.5 Å². The van der Waals surface area contributed by atoms with Crippen LogP contribution in [0.5, 0.6) is 0 Å². The fourth-order valence-electron chi connectivity index (χ4n) is 1.69. The number of aliphatic hydroxyl groups is 1. The van der Waals surface area contributed by atoms with E-state index in [-0.39, 0.29) is 18.5 Å². The summed E-state index contributed by atoms with van der Waals surface area (Å²) < 4.78 is 13.0. The minimum absolute atomic E-state index is 0.0866. The van der Waals surface area contributed by atoms with Crippen LogP contribution in [-0.4, -0.2) is 11.7 Å². The summed E-state index contributed by atoms with van der Waals surface area (Å²) in [6.07, 6.45) is 0. The first-order chi connectivity index (χ1) is 8.70. The molecule has 1 aromatic carbocycles. The third-order valence-electron chi connectivity index (χ3n) is 2.62. The normalized spacial score (nSPS) is 12.6. The molecule has 18 heavy (non-hydrogen) atoms. The van der Waals surface area contributed by atoms with Crippen molar-refractivity contribution in [2.75, 3.05) is 6.61 Å². The molecular weight excluding hydrogens is 273 g/mol. The van der Waals surface area contributed by atoms with Gasteiger partial charge in [-0.1, -0.05) is 23.7 Å². The molecule has 2 N–H and O–H groups in total. The van der Waals surface area contributed by atoms with E-state index in [1.54, 1.807) is 17.4 Å². The lowest BCUT2D eigenvalue weighted by molar-refractivity contribution is 0.244. The average Bonchev–Trinajstić information content (AvgIpc) is 2.85. The molecule has 0 saturated heterocycles. The summed E-state index contributed by atoms with van der Waals surface area (Å²) in [5, 5.41) is 14.9. The lowest BCUT2D eigenvalue weighted by Crippen LogP contribution is -2.24. The smallest absolute Gasteiger partial charge is 0.124 e. The Labute approximate surface area is 114 Å². The maximum Gasteiger partial charge on any atom is 0.124 e. The van der Waals surface area contributed by atoms with Gasteiger partial charge in [-0.25, -0.2) is 4.39 Å². The van der Waals surface area contributed by atoms with Crippen LogP contribution in [0.4, 0.5) is 4.39 Å². The Morgan fingerprint density at radius 1 is 1.39 bits per heavy atom. The van der Waals surface area contributed by atoms with Gasteiger partial charge in [0, 0.05) is 16.4 Å². The van der Waals surface area contributed by atoms with Crippen LogP contribution in [0.25, 0.3) is 0 Å².